The Kier molecular flexibility index (Phi) is 4.22. The number of para-hydroxylation sites is 1. The van der Waals surface area contributed by atoms with Gasteiger partial charge in [0.1, 0.15) is 0 Å². The number of alkyl halides is 3. The van der Waals surface area contributed by atoms with E-state index in [9.17, 15) is 9.59 Å². The zero-order chi connectivity index (χ0) is 14.9. The number of halogens is 3. The van der Waals surface area contributed by atoms with Crippen LogP contribution in [0.25, 0.3) is 0 Å². The van der Waals surface area contributed by atoms with E-state index >= 15 is 0 Å². The third-order valence-electron chi connectivity index (χ3n) is 2.66. The average molecular weight is 335 g/mol. The number of nitrogens with zero attached hydrogens (tertiary/aromatic N) is 2. The lowest BCUT2D eigenvalue weighted by Crippen LogP contribution is -2.49. The summed E-state index contributed by atoms with van der Waals surface area (Å²) in [5.41, 5.74) is 1.02. The first-order valence-electron chi connectivity index (χ1n) is 5.62. The van der Waals surface area contributed by atoms with E-state index in [2.05, 4.69) is 10.4 Å². The van der Waals surface area contributed by atoms with E-state index in [0.717, 1.165) is 0 Å². The van der Waals surface area contributed by atoms with Gasteiger partial charge in [-0.25, -0.2) is 0 Å². The fourth-order valence-electron chi connectivity index (χ4n) is 1.70. The monoisotopic (exact) mass is 333 g/mol. The molecular weight excluding hydrogens is 325 g/mol. The Labute approximate surface area is 130 Å². The SMILES string of the molecule is CC1=NN(c2ccccc2)C(=O)[C@@H]1NC(=O)C(Cl)(Cl)Cl. The van der Waals surface area contributed by atoms with Crippen LogP contribution in [0.5, 0.6) is 0 Å². The number of rotatable bonds is 2. The number of hydrogen-bond donors (Lipinski definition) is 1. The van der Waals surface area contributed by atoms with Crippen molar-refractivity contribution in [3.05, 3.63) is 30.3 Å². The van der Waals surface area contributed by atoms with Crippen molar-refractivity contribution in [2.45, 2.75) is 16.8 Å². The Morgan fingerprint density at radius 2 is 1.90 bits per heavy atom. The highest BCUT2D eigenvalue weighted by Crippen LogP contribution is 2.27. The smallest absolute Gasteiger partial charge is 0.275 e. The molecule has 1 aromatic carbocycles. The Balaban J connectivity index is 2.18. The molecule has 1 aliphatic heterocycles. The number of carbonyl (C=O) groups is 2. The Morgan fingerprint density at radius 3 is 2.45 bits per heavy atom. The molecule has 0 spiro atoms. The largest absolute Gasteiger partial charge is 0.336 e. The Morgan fingerprint density at radius 1 is 1.30 bits per heavy atom. The third-order valence-corrected chi connectivity index (χ3v) is 3.18. The first-order chi connectivity index (χ1) is 9.30. The number of benzene rings is 1. The summed E-state index contributed by atoms with van der Waals surface area (Å²) in [6, 6.07) is 7.91. The van der Waals surface area contributed by atoms with E-state index in [1.54, 1.807) is 31.2 Å². The fourth-order valence-corrected chi connectivity index (χ4v) is 1.86. The van der Waals surface area contributed by atoms with Crippen molar-refractivity contribution in [2.24, 2.45) is 5.10 Å². The molecule has 1 aromatic rings. The van der Waals surface area contributed by atoms with E-state index in [0.29, 0.717) is 11.4 Å². The van der Waals surface area contributed by atoms with Gasteiger partial charge in [0.2, 0.25) is 0 Å². The highest BCUT2D eigenvalue weighted by atomic mass is 35.6. The van der Waals surface area contributed by atoms with E-state index in [4.69, 9.17) is 34.8 Å². The van der Waals surface area contributed by atoms with E-state index in [1.165, 1.54) is 5.01 Å². The molecule has 1 aliphatic rings. The summed E-state index contributed by atoms with van der Waals surface area (Å²) >= 11 is 16.4. The third kappa shape index (κ3) is 3.06. The van der Waals surface area contributed by atoms with Crippen LogP contribution >= 0.6 is 34.8 Å². The molecule has 106 valence electrons. The maximum absolute atomic E-state index is 12.2. The Bertz CT molecular complexity index is 569. The molecule has 0 radical (unpaired) electrons. The van der Waals surface area contributed by atoms with Crippen molar-refractivity contribution in [3.8, 4) is 0 Å². The maximum atomic E-state index is 12.2. The molecule has 1 atom stereocenters. The lowest BCUT2D eigenvalue weighted by atomic mass is 10.2. The number of hydrazone groups is 1. The zero-order valence-electron chi connectivity index (χ0n) is 10.3. The molecule has 0 unspecified atom stereocenters. The van der Waals surface area contributed by atoms with E-state index in [1.807, 2.05) is 6.07 Å². The minimum Gasteiger partial charge on any atom is -0.336 e. The first-order valence-corrected chi connectivity index (χ1v) is 6.76. The van der Waals surface area contributed by atoms with Crippen LogP contribution in [0, 0.1) is 0 Å². The molecule has 0 aromatic heterocycles. The molecule has 8 heteroatoms. The van der Waals surface area contributed by atoms with E-state index < -0.39 is 21.6 Å². The second-order valence-electron chi connectivity index (χ2n) is 4.13. The van der Waals surface area contributed by atoms with Gasteiger partial charge < -0.3 is 5.32 Å². The van der Waals surface area contributed by atoms with Gasteiger partial charge in [0.25, 0.3) is 15.6 Å². The average Bonchev–Trinajstić information content (AvgIpc) is 2.66. The molecule has 2 rings (SSSR count). The molecule has 2 amide bonds. The number of amides is 2. The molecule has 0 saturated carbocycles. The molecular formula is C12H10Cl3N3O2. The highest BCUT2D eigenvalue weighted by molar-refractivity contribution is 6.76. The van der Waals surface area contributed by atoms with Crippen LogP contribution < -0.4 is 10.3 Å². The van der Waals surface area contributed by atoms with Crippen LogP contribution in [0.1, 0.15) is 6.92 Å². The summed E-state index contributed by atoms with van der Waals surface area (Å²) < 4.78 is -2.12. The summed E-state index contributed by atoms with van der Waals surface area (Å²) in [4.78, 5) is 23.9. The van der Waals surface area contributed by atoms with Crippen LogP contribution in [0.4, 0.5) is 5.69 Å². The predicted molar refractivity (Wildman–Crippen MR) is 79.3 cm³/mol. The standard InChI is InChI=1S/C12H10Cl3N3O2/c1-7-9(16-11(20)12(13,14)15)10(19)18(17-7)8-5-3-2-4-6-8/h2-6,9H,1H3,(H,16,20)/t9-/m1/s1. The van der Waals surface area contributed by atoms with Gasteiger partial charge >= 0.3 is 0 Å². The highest BCUT2D eigenvalue weighted by Gasteiger charge is 2.40. The summed E-state index contributed by atoms with van der Waals surface area (Å²) in [6.45, 7) is 1.62. The lowest BCUT2D eigenvalue weighted by molar-refractivity contribution is -0.125. The first kappa shape index (κ1) is 15.1. The van der Waals surface area contributed by atoms with Gasteiger partial charge in [-0.3, -0.25) is 9.59 Å². The second-order valence-corrected chi connectivity index (χ2v) is 6.41. The Hall–Kier alpha value is -1.30. The number of carbonyl (C=O) groups excluding carboxylic acids is 2. The number of anilines is 1. The topological polar surface area (TPSA) is 61.8 Å². The summed E-state index contributed by atoms with van der Waals surface area (Å²) in [6.07, 6.45) is 0. The van der Waals surface area contributed by atoms with Gasteiger partial charge in [-0.05, 0) is 19.1 Å². The molecule has 0 saturated heterocycles. The molecule has 0 bridgehead atoms. The molecule has 20 heavy (non-hydrogen) atoms. The van der Waals surface area contributed by atoms with Crippen LogP contribution in [0.15, 0.2) is 35.4 Å². The van der Waals surface area contributed by atoms with Gasteiger partial charge in [-0.2, -0.15) is 10.1 Å². The van der Waals surface area contributed by atoms with Crippen molar-refractivity contribution in [1.29, 1.82) is 0 Å². The van der Waals surface area contributed by atoms with Crippen molar-refractivity contribution < 1.29 is 9.59 Å². The second kappa shape index (κ2) is 5.60. The minimum absolute atomic E-state index is 0.406. The van der Waals surface area contributed by atoms with Gasteiger partial charge in [0.05, 0.1) is 11.4 Å². The minimum atomic E-state index is -2.12. The van der Waals surface area contributed by atoms with E-state index in [-0.39, 0.29) is 0 Å². The summed E-state index contributed by atoms with van der Waals surface area (Å²) in [5.74, 6) is -1.28. The molecule has 1 heterocycles. The summed E-state index contributed by atoms with van der Waals surface area (Å²) in [7, 11) is 0. The van der Waals surface area contributed by atoms with Gasteiger partial charge in [0.15, 0.2) is 6.04 Å². The molecule has 0 aliphatic carbocycles. The van der Waals surface area contributed by atoms with Crippen LogP contribution in [-0.4, -0.2) is 27.4 Å². The quantitative estimate of drug-likeness (QED) is 0.843. The van der Waals surface area contributed by atoms with Gasteiger partial charge in [-0.1, -0.05) is 53.0 Å². The molecule has 0 fully saturated rings. The van der Waals surface area contributed by atoms with Crippen LogP contribution in [0.3, 0.4) is 0 Å². The molecule has 5 nitrogen and oxygen atoms in total. The number of hydrogen-bond acceptors (Lipinski definition) is 3. The van der Waals surface area contributed by atoms with Crippen molar-refractivity contribution in [1.82, 2.24) is 5.32 Å². The predicted octanol–water partition coefficient (Wildman–Crippen LogP) is 2.26. The number of nitrogens with one attached hydrogen (secondary N) is 1. The zero-order valence-corrected chi connectivity index (χ0v) is 12.6. The lowest BCUT2D eigenvalue weighted by Gasteiger charge is -2.17. The van der Waals surface area contributed by atoms with Gasteiger partial charge in [0, 0.05) is 0 Å². The summed E-state index contributed by atoms with van der Waals surface area (Å²) in [5, 5.41) is 7.68. The maximum Gasteiger partial charge on any atom is 0.275 e. The van der Waals surface area contributed by atoms with Crippen LogP contribution in [0.2, 0.25) is 0 Å². The van der Waals surface area contributed by atoms with Crippen molar-refractivity contribution in [2.75, 3.05) is 5.01 Å². The fraction of sp³-hybridized carbons (Fsp3) is 0.250. The molecule has 1 N–H and O–H groups in total. The normalized spacial score (nSPS) is 19.0. The van der Waals surface area contributed by atoms with Gasteiger partial charge in [-0.15, -0.1) is 0 Å². The van der Waals surface area contributed by atoms with Crippen molar-refractivity contribution in [3.63, 3.8) is 0 Å². The van der Waals surface area contributed by atoms with Crippen molar-refractivity contribution >= 4 is 58.0 Å². The van der Waals surface area contributed by atoms with Crippen LogP contribution in [-0.2, 0) is 9.59 Å².